The minimum Gasteiger partial charge on any atom is -0.496 e. The van der Waals surface area contributed by atoms with E-state index in [0.29, 0.717) is 11.5 Å². The highest BCUT2D eigenvalue weighted by atomic mass is 16.5. The molecule has 0 aliphatic carbocycles. The highest BCUT2D eigenvalue weighted by Gasteiger charge is 2.32. The molecule has 6 nitrogen and oxygen atoms in total. The average molecular weight is 363 g/mol. The molecule has 0 saturated heterocycles. The van der Waals surface area contributed by atoms with Crippen molar-refractivity contribution in [2.24, 2.45) is 5.73 Å². The van der Waals surface area contributed by atoms with Crippen molar-refractivity contribution in [1.82, 2.24) is 4.98 Å². The number of ether oxygens (including phenoxy) is 2. The Labute approximate surface area is 157 Å². The number of hydrogen-bond acceptors (Lipinski definition) is 6. The fourth-order valence-corrected chi connectivity index (χ4v) is 3.34. The first-order valence-electron chi connectivity index (χ1n) is 8.80. The van der Waals surface area contributed by atoms with Crippen LogP contribution in [0.15, 0.2) is 71.2 Å². The minimum atomic E-state index is -0.601. The van der Waals surface area contributed by atoms with Gasteiger partial charge in [0.1, 0.15) is 5.75 Å². The topological polar surface area (TPSA) is 73.8 Å². The summed E-state index contributed by atoms with van der Waals surface area (Å²) in [6.07, 6.45) is 3.24. The minimum absolute atomic E-state index is 0.601. The molecule has 0 bridgehead atoms. The maximum absolute atomic E-state index is 6.32. The van der Waals surface area contributed by atoms with Gasteiger partial charge in [0.25, 0.3) is 0 Å². The van der Waals surface area contributed by atoms with E-state index in [-0.39, 0.29) is 0 Å². The van der Waals surface area contributed by atoms with E-state index in [0.717, 1.165) is 34.7 Å². The Morgan fingerprint density at radius 3 is 2.67 bits per heavy atom. The molecule has 0 radical (unpaired) electrons. The summed E-state index contributed by atoms with van der Waals surface area (Å²) in [7, 11) is 1.63. The van der Waals surface area contributed by atoms with Gasteiger partial charge < -0.3 is 13.9 Å². The van der Waals surface area contributed by atoms with Crippen LogP contribution in [0.5, 0.6) is 5.75 Å². The SMILES string of the molecule is CCC1=C(c2ccccc2)OC(N)N1c1ccc(-c2cnco2)c(OC)c1. The van der Waals surface area contributed by atoms with E-state index in [1.54, 1.807) is 13.3 Å². The first-order chi connectivity index (χ1) is 13.2. The Kier molecular flexibility index (Phi) is 4.56. The van der Waals surface area contributed by atoms with Crippen molar-refractivity contribution in [3.05, 3.63) is 72.4 Å². The van der Waals surface area contributed by atoms with Crippen LogP contribution in [0, 0.1) is 0 Å². The lowest BCUT2D eigenvalue weighted by molar-refractivity contribution is 0.199. The number of aromatic nitrogens is 1. The van der Waals surface area contributed by atoms with Crippen LogP contribution in [0.1, 0.15) is 18.9 Å². The van der Waals surface area contributed by atoms with Gasteiger partial charge in [-0.25, -0.2) is 4.98 Å². The smallest absolute Gasteiger partial charge is 0.231 e. The molecule has 1 unspecified atom stereocenters. The maximum atomic E-state index is 6.32. The van der Waals surface area contributed by atoms with Crippen molar-refractivity contribution in [3.8, 4) is 17.1 Å². The molecular weight excluding hydrogens is 342 g/mol. The van der Waals surface area contributed by atoms with Gasteiger partial charge in [0.05, 0.1) is 24.6 Å². The van der Waals surface area contributed by atoms with Crippen LogP contribution in [0.4, 0.5) is 5.69 Å². The van der Waals surface area contributed by atoms with Crippen LogP contribution >= 0.6 is 0 Å². The van der Waals surface area contributed by atoms with Crippen molar-refractivity contribution in [1.29, 1.82) is 0 Å². The Morgan fingerprint density at radius 2 is 2.00 bits per heavy atom. The van der Waals surface area contributed by atoms with Crippen LogP contribution < -0.4 is 15.4 Å². The van der Waals surface area contributed by atoms with E-state index in [1.165, 1.54) is 6.39 Å². The number of nitrogens with two attached hydrogens (primary N) is 1. The van der Waals surface area contributed by atoms with Crippen LogP contribution in [0.2, 0.25) is 0 Å². The standard InChI is InChI=1S/C21H21N3O3/c1-3-17-20(14-7-5-4-6-8-14)27-21(22)24(17)15-9-10-16(18(11-15)25-2)19-12-23-13-26-19/h4-13,21H,3,22H2,1-2H3. The second kappa shape index (κ2) is 7.17. The second-order valence-electron chi connectivity index (χ2n) is 6.12. The molecule has 0 saturated carbocycles. The summed E-state index contributed by atoms with van der Waals surface area (Å²) in [6, 6.07) is 15.9. The highest BCUT2D eigenvalue weighted by molar-refractivity contribution is 5.75. The highest BCUT2D eigenvalue weighted by Crippen LogP contribution is 2.40. The van der Waals surface area contributed by atoms with Gasteiger partial charge in [0.2, 0.25) is 6.35 Å². The van der Waals surface area contributed by atoms with Gasteiger partial charge in [-0.15, -0.1) is 0 Å². The van der Waals surface area contributed by atoms with Crippen LogP contribution in [0.25, 0.3) is 17.1 Å². The lowest BCUT2D eigenvalue weighted by atomic mass is 10.1. The molecule has 0 amide bonds. The zero-order chi connectivity index (χ0) is 18.8. The Morgan fingerprint density at radius 1 is 1.19 bits per heavy atom. The molecule has 1 atom stereocenters. The fraction of sp³-hybridized carbons (Fsp3) is 0.190. The first kappa shape index (κ1) is 17.2. The first-order valence-corrected chi connectivity index (χ1v) is 8.80. The summed E-state index contributed by atoms with van der Waals surface area (Å²) in [5.41, 5.74) is 10.1. The van der Waals surface area contributed by atoms with E-state index in [9.17, 15) is 0 Å². The van der Waals surface area contributed by atoms with Gasteiger partial charge in [-0.1, -0.05) is 37.3 Å². The number of methoxy groups -OCH3 is 1. The maximum Gasteiger partial charge on any atom is 0.231 e. The summed E-state index contributed by atoms with van der Waals surface area (Å²) in [5.74, 6) is 2.14. The normalized spacial score (nSPS) is 16.6. The van der Waals surface area contributed by atoms with Gasteiger partial charge in [-0.05, 0) is 18.6 Å². The molecule has 1 aliphatic heterocycles. The number of allylic oxidation sites excluding steroid dienone is 1. The quantitative estimate of drug-likeness (QED) is 0.732. The number of benzene rings is 2. The van der Waals surface area contributed by atoms with Gasteiger partial charge in [0, 0.05) is 17.3 Å². The summed E-state index contributed by atoms with van der Waals surface area (Å²) in [5, 5.41) is 0. The Bertz CT molecular complexity index is 952. The van der Waals surface area contributed by atoms with Gasteiger partial charge in [-0.2, -0.15) is 0 Å². The van der Waals surface area contributed by atoms with E-state index in [1.807, 2.05) is 53.4 Å². The van der Waals surface area contributed by atoms with E-state index >= 15 is 0 Å². The molecule has 6 heteroatoms. The van der Waals surface area contributed by atoms with Crippen molar-refractivity contribution in [3.63, 3.8) is 0 Å². The number of hydrogen-bond donors (Lipinski definition) is 1. The van der Waals surface area contributed by atoms with E-state index < -0.39 is 6.35 Å². The Hall–Kier alpha value is -3.25. The van der Waals surface area contributed by atoms with E-state index in [2.05, 4.69) is 11.9 Å². The van der Waals surface area contributed by atoms with Crippen LogP contribution in [0.3, 0.4) is 0 Å². The molecule has 2 aromatic carbocycles. The molecule has 138 valence electrons. The second-order valence-corrected chi connectivity index (χ2v) is 6.12. The molecule has 0 spiro atoms. The van der Waals surface area contributed by atoms with Crippen molar-refractivity contribution >= 4 is 11.4 Å². The summed E-state index contributed by atoms with van der Waals surface area (Å²) in [4.78, 5) is 5.97. The molecule has 27 heavy (non-hydrogen) atoms. The lowest BCUT2D eigenvalue weighted by Gasteiger charge is -2.25. The molecule has 0 fully saturated rings. The molecule has 2 heterocycles. The third-order valence-electron chi connectivity index (χ3n) is 4.58. The number of nitrogens with zero attached hydrogens (tertiary/aromatic N) is 2. The zero-order valence-electron chi connectivity index (χ0n) is 15.3. The zero-order valence-corrected chi connectivity index (χ0v) is 15.3. The van der Waals surface area contributed by atoms with Crippen molar-refractivity contribution in [2.45, 2.75) is 19.7 Å². The average Bonchev–Trinajstić information content (AvgIpc) is 3.35. The molecule has 1 aliphatic rings. The largest absolute Gasteiger partial charge is 0.496 e. The van der Waals surface area contributed by atoms with Gasteiger partial charge in [0.15, 0.2) is 17.9 Å². The number of oxazole rings is 1. The predicted octanol–water partition coefficient (Wildman–Crippen LogP) is 4.21. The lowest BCUT2D eigenvalue weighted by Crippen LogP contribution is -2.38. The summed E-state index contributed by atoms with van der Waals surface area (Å²) in [6.45, 7) is 2.09. The van der Waals surface area contributed by atoms with Crippen LogP contribution in [-0.4, -0.2) is 18.4 Å². The summed E-state index contributed by atoms with van der Waals surface area (Å²) >= 11 is 0. The number of anilines is 1. The Balaban J connectivity index is 1.77. The van der Waals surface area contributed by atoms with Crippen molar-refractivity contribution in [2.75, 3.05) is 12.0 Å². The summed E-state index contributed by atoms with van der Waals surface area (Å²) < 4.78 is 17.0. The third-order valence-corrected chi connectivity index (χ3v) is 4.58. The monoisotopic (exact) mass is 363 g/mol. The van der Waals surface area contributed by atoms with E-state index in [4.69, 9.17) is 19.6 Å². The molecule has 4 rings (SSSR count). The van der Waals surface area contributed by atoms with Crippen LogP contribution in [-0.2, 0) is 4.74 Å². The molecular formula is C21H21N3O3. The van der Waals surface area contributed by atoms with Gasteiger partial charge >= 0.3 is 0 Å². The van der Waals surface area contributed by atoms with Gasteiger partial charge in [-0.3, -0.25) is 10.6 Å². The predicted molar refractivity (Wildman–Crippen MR) is 104 cm³/mol. The number of rotatable bonds is 5. The van der Waals surface area contributed by atoms with Crippen molar-refractivity contribution < 1.29 is 13.9 Å². The molecule has 2 N–H and O–H groups in total. The fourth-order valence-electron chi connectivity index (χ4n) is 3.34. The molecule has 1 aromatic heterocycles. The molecule has 3 aromatic rings. The third kappa shape index (κ3) is 3.04.